The SMILES string of the molecule is CC1(C)OC(=O)C[C@@H]1C(=O)N1CCc2nc([C@@H]3CCCCN3)ncc2C1. The summed E-state index contributed by atoms with van der Waals surface area (Å²) in [6.07, 6.45) is 6.26. The van der Waals surface area contributed by atoms with Gasteiger partial charge >= 0.3 is 5.97 Å². The minimum atomic E-state index is -0.735. The summed E-state index contributed by atoms with van der Waals surface area (Å²) in [5.74, 6) is 0.158. The third kappa shape index (κ3) is 3.20. The normalized spacial score (nSPS) is 27.8. The topological polar surface area (TPSA) is 84.4 Å². The first-order valence-corrected chi connectivity index (χ1v) is 9.53. The van der Waals surface area contributed by atoms with Crippen LogP contribution in [0.2, 0.25) is 0 Å². The van der Waals surface area contributed by atoms with Gasteiger partial charge in [0.05, 0.1) is 24.1 Å². The lowest BCUT2D eigenvalue weighted by Gasteiger charge is -2.33. The number of carbonyl (C=O) groups excluding carboxylic acids is 2. The maximum Gasteiger partial charge on any atom is 0.307 e. The molecule has 4 heterocycles. The third-order valence-electron chi connectivity index (χ3n) is 5.77. The van der Waals surface area contributed by atoms with Crippen LogP contribution in [0.3, 0.4) is 0 Å². The standard InChI is InChI=1S/C19H26N4O3/c1-19(2)13(9-16(24)26-19)18(25)23-8-6-14-12(11-23)10-21-17(22-14)15-5-3-4-7-20-15/h10,13,15,20H,3-9,11H2,1-2H3/t13-,15+/m1/s1. The quantitative estimate of drug-likeness (QED) is 0.807. The van der Waals surface area contributed by atoms with Gasteiger partial charge in [0.1, 0.15) is 11.4 Å². The van der Waals surface area contributed by atoms with E-state index in [1.165, 1.54) is 12.8 Å². The molecule has 0 aromatic carbocycles. The lowest BCUT2D eigenvalue weighted by molar-refractivity contribution is -0.149. The molecule has 1 aromatic heterocycles. The lowest BCUT2D eigenvalue weighted by atomic mass is 9.89. The third-order valence-corrected chi connectivity index (χ3v) is 5.77. The molecule has 7 heteroatoms. The van der Waals surface area contributed by atoms with E-state index < -0.39 is 11.5 Å². The van der Waals surface area contributed by atoms with Crippen LogP contribution in [-0.2, 0) is 27.3 Å². The number of hydrogen-bond donors (Lipinski definition) is 1. The van der Waals surface area contributed by atoms with Crippen molar-refractivity contribution in [1.29, 1.82) is 0 Å². The van der Waals surface area contributed by atoms with E-state index in [-0.39, 0.29) is 24.3 Å². The summed E-state index contributed by atoms with van der Waals surface area (Å²) in [7, 11) is 0. The second-order valence-electron chi connectivity index (χ2n) is 8.05. The van der Waals surface area contributed by atoms with Gasteiger partial charge in [0, 0.05) is 31.3 Å². The van der Waals surface area contributed by atoms with Gasteiger partial charge in [-0.25, -0.2) is 9.97 Å². The number of piperidine rings is 1. The Bertz CT molecular complexity index is 727. The fraction of sp³-hybridized carbons (Fsp3) is 0.684. The Balaban J connectivity index is 1.48. The summed E-state index contributed by atoms with van der Waals surface area (Å²) >= 11 is 0. The van der Waals surface area contributed by atoms with Crippen molar-refractivity contribution in [3.05, 3.63) is 23.3 Å². The van der Waals surface area contributed by atoms with Gasteiger partial charge in [0.2, 0.25) is 5.91 Å². The van der Waals surface area contributed by atoms with Crippen LogP contribution in [0, 0.1) is 5.92 Å². The first-order valence-electron chi connectivity index (χ1n) is 9.53. The van der Waals surface area contributed by atoms with Gasteiger partial charge < -0.3 is 15.0 Å². The van der Waals surface area contributed by atoms with Gasteiger partial charge in [0.25, 0.3) is 0 Å². The van der Waals surface area contributed by atoms with Gasteiger partial charge in [-0.15, -0.1) is 0 Å². The minimum absolute atomic E-state index is 0.00970. The van der Waals surface area contributed by atoms with Crippen LogP contribution < -0.4 is 5.32 Å². The monoisotopic (exact) mass is 358 g/mol. The summed E-state index contributed by atoms with van der Waals surface area (Å²) < 4.78 is 5.31. The van der Waals surface area contributed by atoms with E-state index in [1.54, 1.807) is 0 Å². The summed E-state index contributed by atoms with van der Waals surface area (Å²) in [5, 5.41) is 3.48. The van der Waals surface area contributed by atoms with E-state index >= 15 is 0 Å². The smallest absolute Gasteiger partial charge is 0.307 e. The summed E-state index contributed by atoms with van der Waals surface area (Å²) in [5.41, 5.74) is 1.32. The molecule has 26 heavy (non-hydrogen) atoms. The molecule has 3 aliphatic rings. The van der Waals surface area contributed by atoms with Crippen molar-refractivity contribution < 1.29 is 14.3 Å². The zero-order valence-electron chi connectivity index (χ0n) is 15.5. The number of ether oxygens (including phenoxy) is 1. The first kappa shape index (κ1) is 17.4. The molecule has 0 unspecified atom stereocenters. The highest BCUT2D eigenvalue weighted by Gasteiger charge is 2.47. The number of esters is 1. The molecule has 2 fully saturated rings. The fourth-order valence-corrected chi connectivity index (χ4v) is 4.18. The maximum absolute atomic E-state index is 12.9. The number of cyclic esters (lactones) is 1. The molecule has 2 atom stereocenters. The molecule has 0 aliphatic carbocycles. The lowest BCUT2D eigenvalue weighted by Crippen LogP contribution is -2.45. The predicted octanol–water partition coefficient (Wildman–Crippen LogP) is 1.52. The number of fused-ring (bicyclic) bond motifs is 1. The second kappa shape index (κ2) is 6.61. The predicted molar refractivity (Wildman–Crippen MR) is 94.0 cm³/mol. The molecule has 1 amide bonds. The number of nitrogens with zero attached hydrogens (tertiary/aromatic N) is 3. The van der Waals surface area contributed by atoms with Gasteiger partial charge in [-0.3, -0.25) is 9.59 Å². The molecule has 1 N–H and O–H groups in total. The largest absolute Gasteiger partial charge is 0.459 e. The van der Waals surface area contributed by atoms with E-state index in [2.05, 4.69) is 10.3 Å². The van der Waals surface area contributed by atoms with Crippen molar-refractivity contribution >= 4 is 11.9 Å². The Labute approximate surface area is 153 Å². The molecule has 0 bridgehead atoms. The summed E-state index contributed by atoms with van der Waals surface area (Å²) in [6.45, 7) is 5.77. The molecule has 0 spiro atoms. The molecular formula is C19H26N4O3. The zero-order chi connectivity index (χ0) is 18.3. The zero-order valence-corrected chi connectivity index (χ0v) is 15.5. The highest BCUT2D eigenvalue weighted by atomic mass is 16.6. The van der Waals surface area contributed by atoms with E-state index in [0.717, 1.165) is 36.5 Å². The molecule has 3 aliphatic heterocycles. The van der Waals surface area contributed by atoms with Gasteiger partial charge in [-0.1, -0.05) is 6.42 Å². The van der Waals surface area contributed by atoms with Crippen LogP contribution in [-0.4, -0.2) is 45.4 Å². The van der Waals surface area contributed by atoms with Crippen molar-refractivity contribution in [1.82, 2.24) is 20.2 Å². The van der Waals surface area contributed by atoms with Crippen molar-refractivity contribution in [2.24, 2.45) is 5.92 Å². The van der Waals surface area contributed by atoms with Crippen molar-refractivity contribution in [2.75, 3.05) is 13.1 Å². The molecule has 4 rings (SSSR count). The van der Waals surface area contributed by atoms with E-state index in [4.69, 9.17) is 9.72 Å². The average Bonchev–Trinajstić information content (AvgIpc) is 2.93. The van der Waals surface area contributed by atoms with Gasteiger partial charge in [-0.05, 0) is 33.2 Å². The number of amides is 1. The van der Waals surface area contributed by atoms with Crippen LogP contribution >= 0.6 is 0 Å². The number of hydrogen-bond acceptors (Lipinski definition) is 6. The number of carbonyl (C=O) groups is 2. The molecule has 0 radical (unpaired) electrons. The van der Waals surface area contributed by atoms with E-state index in [1.807, 2.05) is 24.9 Å². The fourth-order valence-electron chi connectivity index (χ4n) is 4.18. The first-order chi connectivity index (χ1) is 12.4. The number of nitrogens with one attached hydrogen (secondary N) is 1. The van der Waals surface area contributed by atoms with Crippen LogP contribution in [0.5, 0.6) is 0 Å². The van der Waals surface area contributed by atoms with Crippen LogP contribution in [0.4, 0.5) is 0 Å². The van der Waals surface area contributed by atoms with E-state index in [9.17, 15) is 9.59 Å². The van der Waals surface area contributed by atoms with Crippen molar-refractivity contribution in [3.63, 3.8) is 0 Å². The Morgan fingerprint density at radius 2 is 2.23 bits per heavy atom. The summed E-state index contributed by atoms with van der Waals surface area (Å²) in [4.78, 5) is 35.7. The molecule has 2 saturated heterocycles. The highest BCUT2D eigenvalue weighted by molar-refractivity contribution is 5.87. The molecule has 1 aromatic rings. The average molecular weight is 358 g/mol. The molecule has 140 valence electrons. The van der Waals surface area contributed by atoms with Gasteiger partial charge in [0.15, 0.2) is 0 Å². The molecule has 0 saturated carbocycles. The van der Waals surface area contributed by atoms with Crippen molar-refractivity contribution in [3.8, 4) is 0 Å². The van der Waals surface area contributed by atoms with Crippen molar-refractivity contribution in [2.45, 2.75) is 64.1 Å². The Kier molecular flexibility index (Phi) is 4.42. The Morgan fingerprint density at radius 1 is 1.38 bits per heavy atom. The Hall–Kier alpha value is -2.02. The Morgan fingerprint density at radius 3 is 2.92 bits per heavy atom. The van der Waals surface area contributed by atoms with Gasteiger partial charge in [-0.2, -0.15) is 0 Å². The van der Waals surface area contributed by atoms with Crippen LogP contribution in [0.15, 0.2) is 6.20 Å². The highest BCUT2D eigenvalue weighted by Crippen LogP contribution is 2.35. The number of aromatic nitrogens is 2. The molecule has 7 nitrogen and oxygen atoms in total. The summed E-state index contributed by atoms with van der Waals surface area (Å²) in [6, 6.07) is 0.246. The maximum atomic E-state index is 12.9. The molecular weight excluding hydrogens is 332 g/mol. The minimum Gasteiger partial charge on any atom is -0.459 e. The second-order valence-corrected chi connectivity index (χ2v) is 8.05. The van der Waals surface area contributed by atoms with E-state index in [0.29, 0.717) is 13.1 Å². The van der Waals surface area contributed by atoms with Crippen LogP contribution in [0.1, 0.15) is 62.7 Å². The van der Waals surface area contributed by atoms with Crippen LogP contribution in [0.25, 0.3) is 0 Å². The number of rotatable bonds is 2.